The molecule has 0 unspecified atom stereocenters. The monoisotopic (exact) mass is 292 g/mol. The summed E-state index contributed by atoms with van der Waals surface area (Å²) in [5.41, 5.74) is 7.04. The Morgan fingerprint density at radius 3 is 2.10 bits per heavy atom. The molecule has 0 aliphatic rings. The van der Waals surface area contributed by atoms with Crippen LogP contribution in [0.3, 0.4) is 0 Å². The van der Waals surface area contributed by atoms with Gasteiger partial charge in [0.05, 0.1) is 9.79 Å². The van der Waals surface area contributed by atoms with Gasteiger partial charge in [0.1, 0.15) is 0 Å². The average Bonchev–Trinajstić information content (AvgIpc) is 2.66. The Kier molecular flexibility index (Phi) is 3.43. The Hall–Kier alpha value is -2.08. The summed E-state index contributed by atoms with van der Waals surface area (Å²) in [6.07, 6.45) is 1.44. The van der Waals surface area contributed by atoms with Crippen LogP contribution in [0.5, 0.6) is 0 Å². The zero-order valence-corrected chi connectivity index (χ0v) is 12.4. The van der Waals surface area contributed by atoms with Crippen molar-refractivity contribution in [3.05, 3.63) is 47.3 Å². The number of amides is 1. The van der Waals surface area contributed by atoms with E-state index in [1.165, 1.54) is 6.20 Å². The van der Waals surface area contributed by atoms with Crippen molar-refractivity contribution in [3.8, 4) is 0 Å². The number of carbonyl (C=O) groups is 1. The third kappa shape index (κ3) is 2.22. The van der Waals surface area contributed by atoms with Crippen molar-refractivity contribution >= 4 is 15.9 Å². The van der Waals surface area contributed by atoms with Gasteiger partial charge in [-0.25, -0.2) is 13.2 Å². The molecule has 0 saturated carbocycles. The van der Waals surface area contributed by atoms with Crippen LogP contribution in [0.4, 0.5) is 4.79 Å². The summed E-state index contributed by atoms with van der Waals surface area (Å²) >= 11 is 0. The predicted molar refractivity (Wildman–Crippen MR) is 75.5 cm³/mol. The highest BCUT2D eigenvalue weighted by atomic mass is 32.2. The van der Waals surface area contributed by atoms with Crippen LogP contribution < -0.4 is 5.73 Å². The largest absolute Gasteiger partial charge is 0.351 e. The molecular weight excluding hydrogens is 276 g/mol. The van der Waals surface area contributed by atoms with E-state index in [4.69, 9.17) is 5.73 Å². The van der Waals surface area contributed by atoms with Crippen molar-refractivity contribution < 1.29 is 13.2 Å². The van der Waals surface area contributed by atoms with E-state index in [0.717, 1.165) is 10.1 Å². The fourth-order valence-corrected chi connectivity index (χ4v) is 3.91. The van der Waals surface area contributed by atoms with E-state index in [1.54, 1.807) is 38.1 Å². The SMILES string of the molecule is Cc1ccc(S(=O)(=O)c2c(C)cn(C(N)=O)c2C)cc1. The number of aryl methyl sites for hydroxylation is 2. The number of carbonyl (C=O) groups excluding carboxylic acids is 1. The van der Waals surface area contributed by atoms with E-state index in [-0.39, 0.29) is 9.79 Å². The highest BCUT2D eigenvalue weighted by Gasteiger charge is 2.26. The minimum Gasteiger partial charge on any atom is -0.351 e. The molecule has 0 radical (unpaired) electrons. The fraction of sp³-hybridized carbons (Fsp3) is 0.214. The molecule has 2 aromatic rings. The standard InChI is InChI=1S/C14H16N2O3S/c1-9-4-6-12(7-5-9)20(18,19)13-10(2)8-16(11(13)3)14(15)17/h4-8H,1-3H3,(H2,15,17). The van der Waals surface area contributed by atoms with Crippen molar-refractivity contribution in [1.82, 2.24) is 4.57 Å². The number of hydrogen-bond donors (Lipinski definition) is 1. The van der Waals surface area contributed by atoms with E-state index in [2.05, 4.69) is 0 Å². The van der Waals surface area contributed by atoms with E-state index in [9.17, 15) is 13.2 Å². The van der Waals surface area contributed by atoms with Gasteiger partial charge in [-0.15, -0.1) is 0 Å². The molecule has 0 saturated heterocycles. The summed E-state index contributed by atoms with van der Waals surface area (Å²) < 4.78 is 26.5. The normalized spacial score (nSPS) is 11.6. The second kappa shape index (κ2) is 4.79. The van der Waals surface area contributed by atoms with Crippen LogP contribution in [0.15, 0.2) is 40.3 Å². The summed E-state index contributed by atoms with van der Waals surface area (Å²) in [4.78, 5) is 11.6. The smallest absolute Gasteiger partial charge is 0.323 e. The zero-order chi connectivity index (χ0) is 15.1. The summed E-state index contributed by atoms with van der Waals surface area (Å²) in [7, 11) is -3.66. The van der Waals surface area contributed by atoms with Gasteiger partial charge < -0.3 is 5.73 Å². The number of aromatic nitrogens is 1. The Labute approximate surface area is 117 Å². The first kappa shape index (κ1) is 14.3. The molecule has 6 heteroatoms. The summed E-state index contributed by atoms with van der Waals surface area (Å²) in [6.45, 7) is 5.10. The molecule has 2 rings (SSSR count). The van der Waals surface area contributed by atoms with Crippen molar-refractivity contribution in [2.45, 2.75) is 30.6 Å². The van der Waals surface area contributed by atoms with Crippen molar-refractivity contribution in [2.24, 2.45) is 5.73 Å². The van der Waals surface area contributed by atoms with Crippen LogP contribution in [0.25, 0.3) is 0 Å². The van der Waals surface area contributed by atoms with Crippen molar-refractivity contribution in [3.63, 3.8) is 0 Å². The summed E-state index contributed by atoms with van der Waals surface area (Å²) in [5.74, 6) is 0. The molecule has 0 aliphatic heterocycles. The molecule has 0 bridgehead atoms. The molecule has 106 valence electrons. The number of primary amides is 1. The van der Waals surface area contributed by atoms with Gasteiger partial charge in [0.15, 0.2) is 0 Å². The van der Waals surface area contributed by atoms with Gasteiger partial charge in [0.2, 0.25) is 9.84 Å². The van der Waals surface area contributed by atoms with Crippen LogP contribution in [0.2, 0.25) is 0 Å². The first-order valence-corrected chi connectivity index (χ1v) is 7.53. The molecule has 0 fully saturated rings. The molecule has 1 amide bonds. The van der Waals surface area contributed by atoms with Gasteiger partial charge in [0, 0.05) is 11.9 Å². The molecule has 5 nitrogen and oxygen atoms in total. The molecule has 1 aromatic heterocycles. The lowest BCUT2D eigenvalue weighted by molar-refractivity contribution is 0.250. The van der Waals surface area contributed by atoms with E-state index in [1.807, 2.05) is 6.92 Å². The number of hydrogen-bond acceptors (Lipinski definition) is 3. The lowest BCUT2D eigenvalue weighted by Crippen LogP contribution is -2.20. The highest BCUT2D eigenvalue weighted by Crippen LogP contribution is 2.28. The maximum Gasteiger partial charge on any atom is 0.323 e. The Morgan fingerprint density at radius 1 is 1.10 bits per heavy atom. The summed E-state index contributed by atoms with van der Waals surface area (Å²) in [6, 6.07) is 5.90. The molecule has 1 aromatic carbocycles. The maximum atomic E-state index is 12.7. The van der Waals surface area contributed by atoms with Crippen LogP contribution in [-0.4, -0.2) is 19.0 Å². The minimum absolute atomic E-state index is 0.139. The third-order valence-electron chi connectivity index (χ3n) is 3.21. The summed E-state index contributed by atoms with van der Waals surface area (Å²) in [5, 5.41) is 0. The van der Waals surface area contributed by atoms with E-state index >= 15 is 0 Å². The zero-order valence-electron chi connectivity index (χ0n) is 11.5. The van der Waals surface area contributed by atoms with Crippen LogP contribution in [0, 0.1) is 20.8 Å². The molecule has 0 spiro atoms. The van der Waals surface area contributed by atoms with Gasteiger partial charge in [-0.1, -0.05) is 17.7 Å². The lowest BCUT2D eigenvalue weighted by atomic mass is 10.2. The number of benzene rings is 1. The predicted octanol–water partition coefficient (Wildman–Crippen LogP) is 2.17. The molecule has 0 aliphatic carbocycles. The third-order valence-corrected chi connectivity index (χ3v) is 5.26. The molecule has 0 atom stereocenters. The van der Waals surface area contributed by atoms with Gasteiger partial charge in [0.25, 0.3) is 0 Å². The number of nitrogens with zero attached hydrogens (tertiary/aromatic N) is 1. The molecule has 2 N–H and O–H groups in total. The topological polar surface area (TPSA) is 82.2 Å². The second-order valence-electron chi connectivity index (χ2n) is 4.75. The maximum absolute atomic E-state index is 12.7. The van der Waals surface area contributed by atoms with Gasteiger partial charge in [-0.3, -0.25) is 4.57 Å². The Bertz CT molecular complexity index is 771. The van der Waals surface area contributed by atoms with Crippen LogP contribution in [0.1, 0.15) is 16.8 Å². The van der Waals surface area contributed by atoms with Gasteiger partial charge in [-0.05, 0) is 38.5 Å². The van der Waals surface area contributed by atoms with Crippen molar-refractivity contribution in [2.75, 3.05) is 0 Å². The number of sulfone groups is 1. The Morgan fingerprint density at radius 2 is 1.65 bits per heavy atom. The molecular formula is C14H16N2O3S. The second-order valence-corrected chi connectivity index (χ2v) is 6.64. The van der Waals surface area contributed by atoms with Crippen LogP contribution >= 0.6 is 0 Å². The minimum atomic E-state index is -3.66. The number of rotatable bonds is 2. The lowest BCUT2D eigenvalue weighted by Gasteiger charge is -2.07. The first-order valence-electron chi connectivity index (χ1n) is 6.05. The van der Waals surface area contributed by atoms with E-state index < -0.39 is 15.9 Å². The van der Waals surface area contributed by atoms with Crippen molar-refractivity contribution in [1.29, 1.82) is 0 Å². The highest BCUT2D eigenvalue weighted by molar-refractivity contribution is 7.91. The van der Waals surface area contributed by atoms with Gasteiger partial charge in [-0.2, -0.15) is 0 Å². The quantitative estimate of drug-likeness (QED) is 0.921. The molecule has 20 heavy (non-hydrogen) atoms. The van der Waals surface area contributed by atoms with E-state index in [0.29, 0.717) is 11.3 Å². The molecule has 1 heterocycles. The Balaban J connectivity index is 2.67. The first-order chi connectivity index (χ1) is 9.25. The van der Waals surface area contributed by atoms with Gasteiger partial charge >= 0.3 is 6.03 Å². The van der Waals surface area contributed by atoms with Crippen LogP contribution in [-0.2, 0) is 9.84 Å². The fourth-order valence-electron chi connectivity index (χ4n) is 2.21. The number of nitrogens with two attached hydrogens (primary N) is 1. The average molecular weight is 292 g/mol.